The molecule has 36 heavy (non-hydrogen) atoms. The van der Waals surface area contributed by atoms with E-state index in [1.165, 1.54) is 53.0 Å². The smallest absolute Gasteiger partial charge is 0.407 e. The number of benzene rings is 1. The van der Waals surface area contributed by atoms with E-state index in [0.717, 1.165) is 22.1 Å². The molecule has 0 aliphatic heterocycles. The van der Waals surface area contributed by atoms with Crippen LogP contribution in [0, 0.1) is 0 Å². The highest BCUT2D eigenvalue weighted by Crippen LogP contribution is 2.14. The summed E-state index contributed by atoms with van der Waals surface area (Å²) in [7, 11) is -2.19. The third kappa shape index (κ3) is 6.29. The van der Waals surface area contributed by atoms with Crippen molar-refractivity contribution in [3.8, 4) is 0 Å². The molecule has 0 aliphatic carbocycles. The van der Waals surface area contributed by atoms with Gasteiger partial charge in [0, 0.05) is 71.9 Å². The first-order valence-corrected chi connectivity index (χ1v) is 13.6. The predicted molar refractivity (Wildman–Crippen MR) is 131 cm³/mol. The Morgan fingerprint density at radius 1 is 0.889 bits per heavy atom. The summed E-state index contributed by atoms with van der Waals surface area (Å²) in [4.78, 5) is 20.9. The van der Waals surface area contributed by atoms with Crippen molar-refractivity contribution in [3.63, 3.8) is 0 Å². The van der Waals surface area contributed by atoms with Gasteiger partial charge in [0.1, 0.15) is 18.3 Å². The average Bonchev–Trinajstić information content (AvgIpc) is 3.48. The van der Waals surface area contributed by atoms with Gasteiger partial charge in [0.25, 0.3) is 0 Å². The van der Waals surface area contributed by atoms with E-state index in [2.05, 4.69) is 15.3 Å². The second kappa shape index (κ2) is 11.2. The maximum Gasteiger partial charge on any atom is 0.407 e. The summed E-state index contributed by atoms with van der Waals surface area (Å²) in [6.45, 7) is 0.0205. The first-order valence-electron chi connectivity index (χ1n) is 10.8. The minimum Gasteiger partial charge on any atom is -0.445 e. The molecule has 2 aromatic heterocycles. The second-order valence-electron chi connectivity index (χ2n) is 8.17. The second-order valence-corrected chi connectivity index (χ2v) is 12.2. The van der Waals surface area contributed by atoms with E-state index in [-0.39, 0.29) is 31.1 Å². The largest absolute Gasteiger partial charge is 0.445 e. The third-order valence-corrected chi connectivity index (χ3v) is 8.68. The van der Waals surface area contributed by atoms with E-state index in [0.29, 0.717) is 0 Å². The zero-order valence-corrected chi connectivity index (χ0v) is 22.0. The number of aromatic nitrogens is 4. The van der Waals surface area contributed by atoms with Crippen LogP contribution in [0.1, 0.15) is 17.2 Å². The van der Waals surface area contributed by atoms with E-state index in [1.54, 1.807) is 12.1 Å². The van der Waals surface area contributed by atoms with E-state index >= 15 is 0 Å². The number of ether oxygens (including phenoxy) is 1. The molecule has 196 valence electrons. The zero-order chi connectivity index (χ0) is 26.5. The molecular formula is C21H29N7O6S2. The number of nitrogens with zero attached hydrogens (tertiary/aromatic N) is 6. The highest BCUT2D eigenvalue weighted by molar-refractivity contribution is 7.87. The fraction of sp³-hybridized carbons (Fsp3) is 0.381. The molecule has 0 unspecified atom stereocenters. The van der Waals surface area contributed by atoms with Crippen molar-refractivity contribution < 1.29 is 26.4 Å². The fourth-order valence-corrected chi connectivity index (χ4v) is 5.15. The first-order chi connectivity index (χ1) is 16.9. The summed E-state index contributed by atoms with van der Waals surface area (Å²) in [5.41, 5.74) is 0.782. The highest BCUT2D eigenvalue weighted by Gasteiger charge is 2.27. The summed E-state index contributed by atoms with van der Waals surface area (Å²) in [6.07, 6.45) is 4.41. The molecule has 0 bridgehead atoms. The Kier molecular flexibility index (Phi) is 8.50. The van der Waals surface area contributed by atoms with E-state index in [1.807, 2.05) is 18.2 Å². The molecular weight excluding hydrogens is 510 g/mol. The van der Waals surface area contributed by atoms with Crippen LogP contribution >= 0.6 is 0 Å². The summed E-state index contributed by atoms with van der Waals surface area (Å²) in [5, 5.41) is 2.69. The van der Waals surface area contributed by atoms with Crippen molar-refractivity contribution in [2.24, 2.45) is 0 Å². The maximum absolute atomic E-state index is 12.7. The Morgan fingerprint density at radius 2 is 1.36 bits per heavy atom. The molecule has 0 spiro atoms. The highest BCUT2D eigenvalue weighted by atomic mass is 32.2. The number of amides is 1. The average molecular weight is 540 g/mol. The van der Waals surface area contributed by atoms with Crippen LogP contribution in [0.2, 0.25) is 0 Å². The van der Waals surface area contributed by atoms with Crippen LogP contribution in [0.4, 0.5) is 4.79 Å². The number of carbonyl (C=O) groups excluding carboxylic acids is 1. The lowest BCUT2D eigenvalue weighted by molar-refractivity contribution is 0.135. The van der Waals surface area contributed by atoms with Gasteiger partial charge >= 0.3 is 26.5 Å². The summed E-state index contributed by atoms with van der Waals surface area (Å²) in [6, 6.07) is 8.27. The predicted octanol–water partition coefficient (Wildman–Crippen LogP) is 0.469. The molecule has 1 N–H and O–H groups in total. The molecule has 3 aromatic rings. The summed E-state index contributed by atoms with van der Waals surface area (Å²) < 4.78 is 60.1. The van der Waals surface area contributed by atoms with Gasteiger partial charge in [0.15, 0.2) is 0 Å². The van der Waals surface area contributed by atoms with Crippen LogP contribution in [0.25, 0.3) is 0 Å². The quantitative estimate of drug-likeness (QED) is 0.370. The third-order valence-electron chi connectivity index (χ3n) is 5.17. The SMILES string of the molecule is CN(C)S(=O)(=O)n1ccnc1CC(Cc1nccn1S(=O)(=O)N(C)C)NC(=O)OCc1ccccc1. The van der Waals surface area contributed by atoms with Crippen LogP contribution in [-0.4, -0.2) is 83.7 Å². The van der Waals surface area contributed by atoms with Crippen molar-refractivity contribution >= 4 is 26.5 Å². The van der Waals surface area contributed by atoms with Gasteiger partial charge in [-0.25, -0.2) is 22.7 Å². The molecule has 0 saturated heterocycles. The van der Waals surface area contributed by atoms with Crippen LogP contribution in [0.3, 0.4) is 0 Å². The van der Waals surface area contributed by atoms with E-state index < -0.39 is 32.6 Å². The number of hydrogen-bond donors (Lipinski definition) is 1. The molecule has 1 aromatic carbocycles. The molecule has 0 saturated carbocycles. The molecule has 2 heterocycles. The molecule has 0 radical (unpaired) electrons. The maximum atomic E-state index is 12.7. The topological polar surface area (TPSA) is 149 Å². The van der Waals surface area contributed by atoms with Gasteiger partial charge in [0.2, 0.25) is 0 Å². The van der Waals surface area contributed by atoms with Crippen molar-refractivity contribution in [2.75, 3.05) is 28.2 Å². The number of carbonyl (C=O) groups is 1. The summed E-state index contributed by atoms with van der Waals surface area (Å²) in [5.74, 6) is 0.288. The molecule has 0 atom stereocenters. The molecule has 0 aliphatic rings. The number of hydrogen-bond acceptors (Lipinski definition) is 8. The number of nitrogens with one attached hydrogen (secondary N) is 1. The lowest BCUT2D eigenvalue weighted by Crippen LogP contribution is -2.41. The lowest BCUT2D eigenvalue weighted by atomic mass is 10.1. The Morgan fingerprint density at radius 3 is 1.81 bits per heavy atom. The van der Waals surface area contributed by atoms with Gasteiger partial charge in [-0.05, 0) is 5.56 Å². The van der Waals surface area contributed by atoms with Gasteiger partial charge in [-0.2, -0.15) is 25.4 Å². The minimum atomic E-state index is -3.87. The number of alkyl carbamates (subject to hydrolysis) is 1. The van der Waals surface area contributed by atoms with Gasteiger partial charge in [-0.1, -0.05) is 30.3 Å². The normalized spacial score (nSPS) is 12.4. The number of rotatable bonds is 11. The molecule has 3 rings (SSSR count). The first kappa shape index (κ1) is 27.3. The van der Waals surface area contributed by atoms with Crippen LogP contribution in [0.5, 0.6) is 0 Å². The lowest BCUT2D eigenvalue weighted by Gasteiger charge is -2.21. The van der Waals surface area contributed by atoms with Gasteiger partial charge in [-0.3, -0.25) is 0 Å². The Balaban J connectivity index is 1.87. The van der Waals surface area contributed by atoms with Crippen molar-refractivity contribution in [1.82, 2.24) is 31.8 Å². The van der Waals surface area contributed by atoms with E-state index in [9.17, 15) is 21.6 Å². The molecule has 0 fully saturated rings. The van der Waals surface area contributed by atoms with Crippen LogP contribution in [0.15, 0.2) is 55.1 Å². The van der Waals surface area contributed by atoms with Gasteiger partial charge in [0.05, 0.1) is 0 Å². The Bertz CT molecular complexity index is 1300. The van der Waals surface area contributed by atoms with Crippen molar-refractivity contribution in [3.05, 3.63) is 72.3 Å². The van der Waals surface area contributed by atoms with Crippen molar-refractivity contribution in [1.29, 1.82) is 0 Å². The Hall–Kier alpha value is -3.27. The van der Waals surface area contributed by atoms with Crippen LogP contribution in [-0.2, 0) is 44.6 Å². The summed E-state index contributed by atoms with van der Waals surface area (Å²) >= 11 is 0. The van der Waals surface area contributed by atoms with Gasteiger partial charge < -0.3 is 10.1 Å². The number of imidazole rings is 2. The minimum absolute atomic E-state index is 0.0205. The van der Waals surface area contributed by atoms with Gasteiger partial charge in [-0.15, -0.1) is 0 Å². The molecule has 15 heteroatoms. The monoisotopic (exact) mass is 539 g/mol. The van der Waals surface area contributed by atoms with Crippen molar-refractivity contribution in [2.45, 2.75) is 25.5 Å². The molecule has 1 amide bonds. The fourth-order valence-electron chi connectivity index (χ4n) is 3.25. The van der Waals surface area contributed by atoms with Crippen LogP contribution < -0.4 is 5.32 Å². The zero-order valence-electron chi connectivity index (χ0n) is 20.3. The Labute approximate surface area is 210 Å². The standard InChI is InChI=1S/C21H29N7O6S2/c1-25(2)35(30,31)27-12-10-22-19(27)14-18(24-21(29)34-16-17-8-6-5-7-9-17)15-20-23-11-13-28(20)36(32,33)26(3)4/h5-13,18H,14-16H2,1-4H3,(H,24,29). The molecule has 13 nitrogen and oxygen atoms in total. The van der Waals surface area contributed by atoms with E-state index in [4.69, 9.17) is 4.74 Å².